The highest BCUT2D eigenvalue weighted by Crippen LogP contribution is 2.40. The summed E-state index contributed by atoms with van der Waals surface area (Å²) in [6, 6.07) is 6.49. The average Bonchev–Trinajstić information content (AvgIpc) is 2.69. The quantitative estimate of drug-likeness (QED) is 0.248. The number of nitro benzene ring substituents is 1. The number of nitrogens with one attached hydrogen (secondary N) is 2. The van der Waals surface area contributed by atoms with Gasteiger partial charge >= 0.3 is 5.69 Å². The van der Waals surface area contributed by atoms with Crippen LogP contribution in [0, 0.1) is 10.1 Å². The van der Waals surface area contributed by atoms with Gasteiger partial charge in [-0.3, -0.25) is 19.6 Å². The summed E-state index contributed by atoms with van der Waals surface area (Å²) in [7, 11) is -4.23. The van der Waals surface area contributed by atoms with Crippen molar-refractivity contribution in [1.82, 2.24) is 0 Å². The molecule has 0 aliphatic rings. The number of rotatable bonds is 7. The van der Waals surface area contributed by atoms with Gasteiger partial charge in [0.2, 0.25) is 25.8 Å². The molecule has 0 atom stereocenters. The van der Waals surface area contributed by atoms with Gasteiger partial charge < -0.3 is 15.2 Å². The van der Waals surface area contributed by atoms with E-state index in [1.165, 1.54) is 20.3 Å². The molecule has 0 aromatic heterocycles. The monoisotopic (exact) mass is 574 g/mol. The minimum atomic E-state index is -3.57. The van der Waals surface area contributed by atoms with E-state index >= 15 is 0 Å². The third kappa shape index (κ3) is 9.56. The van der Waals surface area contributed by atoms with Crippen molar-refractivity contribution in [2.75, 3.05) is 41.9 Å². The second-order valence-corrected chi connectivity index (χ2v) is 14.2. The van der Waals surface area contributed by atoms with Gasteiger partial charge in [0.15, 0.2) is 5.75 Å². The molecular weight excluding hydrogens is 536 g/mol. The number of nitro groups is 1. The Morgan fingerprint density at radius 3 is 1.45 bits per heavy atom. The number of benzene rings is 2. The molecule has 0 saturated heterocycles. The number of hydrogen-bond acceptors (Lipinski definition) is 9. The molecular formula is C24H38N4O8S2. The molecule has 2 aromatic carbocycles. The molecule has 214 valence electrons. The molecule has 0 aliphatic heterocycles. The number of nitrogen functional groups attached to an aromatic ring is 1. The van der Waals surface area contributed by atoms with Crippen LogP contribution < -0.4 is 24.7 Å². The first-order valence-corrected chi connectivity index (χ1v) is 15.1. The molecule has 4 N–H and O–H groups in total. The topological polar surface area (TPSA) is 180 Å². The maximum absolute atomic E-state index is 11.4. The maximum atomic E-state index is 11.4. The van der Waals surface area contributed by atoms with Crippen molar-refractivity contribution in [3.63, 3.8) is 0 Å². The number of hydrogen-bond donors (Lipinski definition) is 3. The molecule has 0 fully saturated rings. The van der Waals surface area contributed by atoms with E-state index in [-0.39, 0.29) is 28.0 Å². The lowest BCUT2D eigenvalue weighted by Crippen LogP contribution is -2.15. The standard InChI is InChI=1S/C12H18N2O5S.C12H20N2O3S/c1-12(2,3)8-6-9(13-20(5,17)18)11(19-4)10(7-8)14(15)16;1-12(2,3)8-6-9(13)11(17-4)10(7-8)14-18(5,15)16/h6-7,13H,1-5H3;6-7,14H,13H2,1-5H3. The van der Waals surface area contributed by atoms with E-state index in [4.69, 9.17) is 15.2 Å². The van der Waals surface area contributed by atoms with Gasteiger partial charge in [0.1, 0.15) is 0 Å². The summed E-state index contributed by atoms with van der Waals surface area (Å²) in [5.41, 5.74) is 7.53. The van der Waals surface area contributed by atoms with Gasteiger partial charge in [0.25, 0.3) is 0 Å². The molecule has 14 heteroatoms. The van der Waals surface area contributed by atoms with Gasteiger partial charge in [-0.1, -0.05) is 41.5 Å². The van der Waals surface area contributed by atoms with Crippen molar-refractivity contribution in [3.8, 4) is 11.5 Å². The minimum Gasteiger partial charge on any atom is -0.492 e. The molecule has 0 amide bonds. The van der Waals surface area contributed by atoms with Crippen molar-refractivity contribution in [2.45, 2.75) is 52.4 Å². The normalized spacial score (nSPS) is 12.2. The molecule has 12 nitrogen and oxygen atoms in total. The Hall–Kier alpha value is -3.26. The molecule has 0 bridgehead atoms. The number of ether oxygens (including phenoxy) is 2. The van der Waals surface area contributed by atoms with Crippen LogP contribution in [0.4, 0.5) is 22.7 Å². The van der Waals surface area contributed by atoms with Gasteiger partial charge in [0.05, 0.1) is 48.7 Å². The molecule has 0 heterocycles. The van der Waals surface area contributed by atoms with E-state index in [2.05, 4.69) is 9.44 Å². The SMILES string of the molecule is COc1c(N)cc(C(C)(C)C)cc1NS(C)(=O)=O.COc1c(NS(C)(=O)=O)cc(C(C)(C)C)cc1[N+](=O)[O-]. The summed E-state index contributed by atoms with van der Waals surface area (Å²) < 4.78 is 60.2. The van der Waals surface area contributed by atoms with Crippen molar-refractivity contribution in [3.05, 3.63) is 45.5 Å². The lowest BCUT2D eigenvalue weighted by atomic mass is 9.86. The zero-order chi connectivity index (χ0) is 29.9. The van der Waals surface area contributed by atoms with Gasteiger partial charge in [0, 0.05) is 6.07 Å². The lowest BCUT2D eigenvalue weighted by Gasteiger charge is -2.22. The van der Waals surface area contributed by atoms with E-state index in [0.29, 0.717) is 22.7 Å². The predicted octanol–water partition coefficient (Wildman–Crippen LogP) is 4.22. The number of nitrogens with two attached hydrogens (primary N) is 1. The van der Waals surface area contributed by atoms with E-state index in [9.17, 15) is 26.9 Å². The van der Waals surface area contributed by atoms with Crippen LogP contribution in [0.1, 0.15) is 52.7 Å². The molecule has 0 aliphatic carbocycles. The third-order valence-electron chi connectivity index (χ3n) is 5.11. The number of anilines is 3. The summed E-state index contributed by atoms with van der Waals surface area (Å²) >= 11 is 0. The molecule has 2 rings (SSSR count). The predicted molar refractivity (Wildman–Crippen MR) is 151 cm³/mol. The lowest BCUT2D eigenvalue weighted by molar-refractivity contribution is -0.385. The van der Waals surface area contributed by atoms with Gasteiger partial charge in [-0.05, 0) is 40.2 Å². The van der Waals surface area contributed by atoms with Crippen LogP contribution in [0.25, 0.3) is 0 Å². The fraction of sp³-hybridized carbons (Fsp3) is 0.500. The first kappa shape index (κ1) is 32.8. The van der Waals surface area contributed by atoms with Crippen molar-refractivity contribution >= 4 is 42.8 Å². The van der Waals surface area contributed by atoms with Crippen LogP contribution in [0.15, 0.2) is 24.3 Å². The highest BCUT2D eigenvalue weighted by molar-refractivity contribution is 7.92. The van der Waals surface area contributed by atoms with Crippen LogP contribution in [-0.2, 0) is 30.9 Å². The van der Waals surface area contributed by atoms with Crippen LogP contribution in [0.2, 0.25) is 0 Å². The second-order valence-electron chi connectivity index (χ2n) is 10.7. The fourth-order valence-electron chi connectivity index (χ4n) is 3.26. The summed E-state index contributed by atoms with van der Waals surface area (Å²) in [5.74, 6) is 0.238. The van der Waals surface area contributed by atoms with E-state index in [1.807, 2.05) is 41.5 Å². The molecule has 0 radical (unpaired) electrons. The van der Waals surface area contributed by atoms with Crippen LogP contribution in [0.5, 0.6) is 11.5 Å². The van der Waals surface area contributed by atoms with Gasteiger partial charge in [-0.2, -0.15) is 0 Å². The van der Waals surface area contributed by atoms with Crippen LogP contribution >= 0.6 is 0 Å². The summed E-state index contributed by atoms with van der Waals surface area (Å²) in [6.45, 7) is 11.7. The Morgan fingerprint density at radius 2 is 1.13 bits per heavy atom. The molecule has 2 aromatic rings. The van der Waals surface area contributed by atoms with E-state index in [1.54, 1.807) is 18.2 Å². The Kier molecular flexibility index (Phi) is 10.0. The highest BCUT2D eigenvalue weighted by atomic mass is 32.2. The molecule has 38 heavy (non-hydrogen) atoms. The number of sulfonamides is 2. The van der Waals surface area contributed by atoms with Gasteiger partial charge in [-0.15, -0.1) is 0 Å². The van der Waals surface area contributed by atoms with Crippen molar-refractivity contribution in [2.24, 2.45) is 0 Å². The highest BCUT2D eigenvalue weighted by Gasteiger charge is 2.26. The first-order valence-electron chi connectivity index (χ1n) is 11.3. The average molecular weight is 575 g/mol. The van der Waals surface area contributed by atoms with Crippen LogP contribution in [0.3, 0.4) is 0 Å². The van der Waals surface area contributed by atoms with Crippen LogP contribution in [-0.4, -0.2) is 48.5 Å². The van der Waals surface area contributed by atoms with Crippen molar-refractivity contribution < 1.29 is 31.2 Å². The summed E-state index contributed by atoms with van der Waals surface area (Å²) in [6.07, 6.45) is 2.06. The zero-order valence-electron chi connectivity index (χ0n) is 23.4. The van der Waals surface area contributed by atoms with Crippen molar-refractivity contribution in [1.29, 1.82) is 0 Å². The smallest absolute Gasteiger partial charge is 0.313 e. The fourth-order valence-corrected chi connectivity index (χ4v) is 4.36. The van der Waals surface area contributed by atoms with E-state index < -0.39 is 25.0 Å². The summed E-state index contributed by atoms with van der Waals surface area (Å²) in [5, 5.41) is 11.1. The zero-order valence-corrected chi connectivity index (χ0v) is 25.0. The molecule has 0 spiro atoms. The number of methoxy groups -OCH3 is 2. The van der Waals surface area contributed by atoms with E-state index in [0.717, 1.165) is 18.1 Å². The number of nitrogens with zero attached hydrogens (tertiary/aromatic N) is 1. The Bertz CT molecular complexity index is 1390. The second kappa shape index (κ2) is 11.6. The Balaban J connectivity index is 0.000000382. The Morgan fingerprint density at radius 1 is 0.763 bits per heavy atom. The Labute approximate surface area is 225 Å². The largest absolute Gasteiger partial charge is 0.492 e. The summed E-state index contributed by atoms with van der Waals surface area (Å²) in [4.78, 5) is 10.5. The molecule has 0 saturated carbocycles. The maximum Gasteiger partial charge on any atom is 0.313 e. The minimum absolute atomic E-state index is 0.0640. The third-order valence-corrected chi connectivity index (χ3v) is 6.30. The van der Waals surface area contributed by atoms with Gasteiger partial charge in [-0.25, -0.2) is 16.8 Å². The first-order chi connectivity index (χ1) is 17.0. The molecule has 0 unspecified atom stereocenters.